The number of methoxy groups -OCH3 is 2. The van der Waals surface area contributed by atoms with Crippen LogP contribution in [0.1, 0.15) is 66.1 Å². The maximum absolute atomic E-state index is 14.9. The van der Waals surface area contributed by atoms with Crippen LogP contribution in [0, 0.1) is 5.41 Å². The third-order valence-electron chi connectivity index (χ3n) is 8.76. The zero-order valence-corrected chi connectivity index (χ0v) is 33.0. The third-order valence-corrected chi connectivity index (χ3v) is 11.9. The summed E-state index contributed by atoms with van der Waals surface area (Å²) in [6, 6.07) is 19.2. The molecule has 0 spiro atoms. The predicted molar refractivity (Wildman–Crippen MR) is 206 cm³/mol. The SMILES string of the molecule is COC(=O)Nc1ccc(S(=O)(=O)N(CCC(C)(C)C)[C@H](CO)c2ccc([C@@H](NC(=O)[C@@H](NC(=O)OC)C(c3ccccc3)c3ccccc3)C(F)(F)F)s2)cc1. The van der Waals surface area contributed by atoms with Crippen molar-refractivity contribution < 1.29 is 50.6 Å². The monoisotopic (exact) mass is 818 g/mol. The minimum absolute atomic E-state index is 0.0862. The van der Waals surface area contributed by atoms with E-state index in [2.05, 4.69) is 20.7 Å². The number of amides is 3. The van der Waals surface area contributed by atoms with Gasteiger partial charge in [-0.15, -0.1) is 11.3 Å². The Bertz CT molecular complexity index is 1990. The number of aliphatic hydroxyl groups is 1. The molecule has 302 valence electrons. The predicted octanol–water partition coefficient (Wildman–Crippen LogP) is 7.36. The van der Waals surface area contributed by atoms with E-state index in [1.807, 2.05) is 20.8 Å². The number of aliphatic hydroxyl groups excluding tert-OH is 1. The smallest absolute Gasteiger partial charge is 0.413 e. The first-order chi connectivity index (χ1) is 26.4. The highest BCUT2D eigenvalue weighted by atomic mass is 32.2. The molecule has 0 radical (unpaired) electrons. The summed E-state index contributed by atoms with van der Waals surface area (Å²) in [5, 5.41) is 17.6. The number of benzene rings is 3. The average molecular weight is 819 g/mol. The molecule has 0 saturated carbocycles. The summed E-state index contributed by atoms with van der Waals surface area (Å²) in [6.07, 6.45) is -6.53. The first kappa shape index (κ1) is 43.8. The number of nitrogens with zero attached hydrogens (tertiary/aromatic N) is 1. The fourth-order valence-electron chi connectivity index (χ4n) is 5.86. The van der Waals surface area contributed by atoms with Crippen molar-refractivity contribution in [3.05, 3.63) is 118 Å². The summed E-state index contributed by atoms with van der Waals surface area (Å²) >= 11 is 0.584. The molecule has 4 N–H and O–H groups in total. The third kappa shape index (κ3) is 11.3. The molecular weight excluding hydrogens is 774 g/mol. The molecule has 0 fully saturated rings. The Morgan fingerprint density at radius 2 is 1.32 bits per heavy atom. The van der Waals surface area contributed by atoms with Crippen molar-refractivity contribution >= 4 is 45.1 Å². The van der Waals surface area contributed by atoms with Gasteiger partial charge in [-0.3, -0.25) is 10.1 Å². The van der Waals surface area contributed by atoms with Crippen LogP contribution in [-0.2, 0) is 24.3 Å². The highest BCUT2D eigenvalue weighted by Crippen LogP contribution is 2.41. The van der Waals surface area contributed by atoms with E-state index in [0.29, 0.717) is 28.9 Å². The lowest BCUT2D eigenvalue weighted by atomic mass is 9.84. The fraction of sp³-hybridized carbons (Fsp3) is 0.359. The van der Waals surface area contributed by atoms with Gasteiger partial charge >= 0.3 is 18.4 Å². The maximum Gasteiger partial charge on any atom is 0.413 e. The molecule has 17 heteroatoms. The number of rotatable bonds is 15. The summed E-state index contributed by atoms with van der Waals surface area (Å²) in [6.45, 7) is 4.78. The van der Waals surface area contributed by atoms with Gasteiger partial charge in [0.15, 0.2) is 6.04 Å². The summed E-state index contributed by atoms with van der Waals surface area (Å²) in [7, 11) is -2.15. The fourth-order valence-corrected chi connectivity index (χ4v) is 8.72. The van der Waals surface area contributed by atoms with Crippen LogP contribution in [0.25, 0.3) is 0 Å². The van der Waals surface area contributed by atoms with Crippen LogP contribution in [-0.4, -0.2) is 75.5 Å². The van der Waals surface area contributed by atoms with E-state index < -0.39 is 69.8 Å². The van der Waals surface area contributed by atoms with Gasteiger partial charge < -0.3 is 25.2 Å². The Morgan fingerprint density at radius 1 is 0.786 bits per heavy atom. The molecule has 0 unspecified atom stereocenters. The molecule has 0 saturated heterocycles. The lowest BCUT2D eigenvalue weighted by molar-refractivity contribution is -0.163. The lowest BCUT2D eigenvalue weighted by Crippen LogP contribution is -2.52. The molecule has 3 amide bonds. The zero-order chi connectivity index (χ0) is 41.3. The normalized spacial score (nSPS) is 13.8. The van der Waals surface area contributed by atoms with Gasteiger partial charge in [-0.05, 0) is 59.4 Å². The molecule has 3 aromatic carbocycles. The van der Waals surface area contributed by atoms with E-state index in [4.69, 9.17) is 4.74 Å². The summed E-state index contributed by atoms with van der Waals surface area (Å²) in [4.78, 5) is 37.8. The second kappa shape index (κ2) is 18.8. The van der Waals surface area contributed by atoms with Gasteiger partial charge in [-0.1, -0.05) is 81.4 Å². The summed E-state index contributed by atoms with van der Waals surface area (Å²) < 4.78 is 83.5. The first-order valence-corrected chi connectivity index (χ1v) is 19.6. The quantitative estimate of drug-likeness (QED) is 0.0967. The number of halogens is 3. The van der Waals surface area contributed by atoms with E-state index in [1.165, 1.54) is 37.4 Å². The van der Waals surface area contributed by atoms with Gasteiger partial charge in [0.1, 0.15) is 6.04 Å². The van der Waals surface area contributed by atoms with Crippen LogP contribution >= 0.6 is 11.3 Å². The van der Waals surface area contributed by atoms with Crippen LogP contribution in [0.15, 0.2) is 102 Å². The van der Waals surface area contributed by atoms with Gasteiger partial charge in [-0.25, -0.2) is 18.0 Å². The number of hydrogen-bond donors (Lipinski definition) is 4. The molecule has 1 heterocycles. The molecule has 4 rings (SSSR count). The number of ether oxygens (including phenoxy) is 2. The van der Waals surface area contributed by atoms with E-state index in [9.17, 15) is 41.1 Å². The van der Waals surface area contributed by atoms with Crippen molar-refractivity contribution in [3.63, 3.8) is 0 Å². The number of sulfonamides is 1. The van der Waals surface area contributed by atoms with Crippen LogP contribution in [0.3, 0.4) is 0 Å². The molecule has 12 nitrogen and oxygen atoms in total. The number of alkyl halides is 3. The molecule has 3 atom stereocenters. The number of thiophene rings is 1. The molecule has 4 aromatic rings. The van der Waals surface area contributed by atoms with E-state index in [-0.39, 0.29) is 27.4 Å². The van der Waals surface area contributed by atoms with Crippen molar-refractivity contribution in [3.8, 4) is 0 Å². The van der Waals surface area contributed by atoms with Gasteiger partial charge in [0.25, 0.3) is 0 Å². The Kier molecular flexibility index (Phi) is 14.7. The topological polar surface area (TPSA) is 163 Å². The first-order valence-electron chi connectivity index (χ1n) is 17.4. The minimum Gasteiger partial charge on any atom is -0.453 e. The summed E-state index contributed by atoms with van der Waals surface area (Å²) in [5.74, 6) is -2.10. The van der Waals surface area contributed by atoms with E-state index >= 15 is 0 Å². The highest BCUT2D eigenvalue weighted by Gasteiger charge is 2.46. The number of hydrogen-bond acceptors (Lipinski definition) is 9. The van der Waals surface area contributed by atoms with Crippen molar-refractivity contribution in [2.75, 3.05) is 32.7 Å². The minimum atomic E-state index is -5.05. The molecule has 0 aliphatic rings. The second-order valence-corrected chi connectivity index (χ2v) is 16.9. The van der Waals surface area contributed by atoms with Crippen LogP contribution in [0.4, 0.5) is 28.4 Å². The molecule has 56 heavy (non-hydrogen) atoms. The van der Waals surface area contributed by atoms with E-state index in [1.54, 1.807) is 60.7 Å². The number of anilines is 1. The van der Waals surface area contributed by atoms with Crippen molar-refractivity contribution in [1.29, 1.82) is 0 Å². The molecule has 1 aromatic heterocycles. The van der Waals surface area contributed by atoms with Gasteiger partial charge in [-0.2, -0.15) is 17.5 Å². The van der Waals surface area contributed by atoms with Crippen LogP contribution in [0.2, 0.25) is 0 Å². The van der Waals surface area contributed by atoms with E-state index in [0.717, 1.165) is 17.5 Å². The Balaban J connectivity index is 1.73. The van der Waals surface area contributed by atoms with Gasteiger partial charge in [0.2, 0.25) is 15.9 Å². The molecule has 0 aliphatic carbocycles. The van der Waals surface area contributed by atoms with Gasteiger partial charge in [0, 0.05) is 27.9 Å². The lowest BCUT2D eigenvalue weighted by Gasteiger charge is -2.32. The maximum atomic E-state index is 14.9. The summed E-state index contributed by atoms with van der Waals surface area (Å²) in [5.41, 5.74) is 0.949. The van der Waals surface area contributed by atoms with Crippen molar-refractivity contribution in [2.24, 2.45) is 5.41 Å². The molecule has 0 aliphatic heterocycles. The molecular formula is C39H45F3N4O8S2. The number of carbonyl (C=O) groups is 3. The zero-order valence-electron chi connectivity index (χ0n) is 31.4. The van der Waals surface area contributed by atoms with Gasteiger partial charge in [0.05, 0.1) is 31.8 Å². The van der Waals surface area contributed by atoms with Crippen molar-refractivity contribution in [2.45, 2.75) is 62.3 Å². The highest BCUT2D eigenvalue weighted by molar-refractivity contribution is 7.89. The van der Waals surface area contributed by atoms with Crippen LogP contribution < -0.4 is 16.0 Å². The Labute approximate surface area is 328 Å². The Morgan fingerprint density at radius 3 is 1.80 bits per heavy atom. The number of alkyl carbamates (subject to hydrolysis) is 1. The standard InChI is InChI=1S/C39H45F3N4O8S2/c1-38(2,3)22-23-46(56(51,52)28-18-16-27(17-19-28)43-36(49)53-4)29(24-47)30-20-21-31(55-30)34(39(40,41)42)45-35(48)33(44-37(50)54-5)32(25-12-8-6-9-13-25)26-14-10-7-11-15-26/h6-21,29,32-34,47H,22-24H2,1-5H3,(H,43,49)(H,44,50)(H,45,48)/t29-,33+,34-/m1/s1. The van der Waals surface area contributed by atoms with Crippen LogP contribution in [0.5, 0.6) is 0 Å². The molecule has 0 bridgehead atoms. The number of nitrogens with one attached hydrogen (secondary N) is 3. The van der Waals surface area contributed by atoms with Crippen molar-refractivity contribution in [1.82, 2.24) is 14.9 Å². The Hall–Kier alpha value is -4.97. The largest absolute Gasteiger partial charge is 0.453 e. The second-order valence-electron chi connectivity index (χ2n) is 13.9. The average Bonchev–Trinajstić information content (AvgIpc) is 3.64. The number of carbonyl (C=O) groups excluding carboxylic acids is 3.